The molecule has 0 aromatic heterocycles. The zero-order chi connectivity index (χ0) is 15.6. The smallest absolute Gasteiger partial charge is 0.336 e. The number of hydrogen-bond acceptors (Lipinski definition) is 2. The predicted molar refractivity (Wildman–Crippen MR) is 70.7 cm³/mol. The monoisotopic (exact) mass is 299 g/mol. The van der Waals surface area contributed by atoms with Gasteiger partial charge in [0.1, 0.15) is 0 Å². The lowest BCUT2D eigenvalue weighted by Gasteiger charge is -2.31. The first-order chi connectivity index (χ1) is 9.79. The maximum atomic E-state index is 12.5. The van der Waals surface area contributed by atoms with Crippen LogP contribution >= 0.6 is 0 Å². The molecule has 1 aliphatic rings. The molecular weight excluding hydrogens is 283 g/mol. The van der Waals surface area contributed by atoms with Crippen LogP contribution in [0.4, 0.5) is 13.2 Å². The van der Waals surface area contributed by atoms with E-state index in [4.69, 9.17) is 0 Å². The van der Waals surface area contributed by atoms with Gasteiger partial charge in [0.05, 0.1) is 5.56 Å². The van der Waals surface area contributed by atoms with Crippen LogP contribution < -0.4 is 0 Å². The van der Waals surface area contributed by atoms with Crippen LogP contribution in [0.5, 0.6) is 0 Å². The molecular formula is C15H16F3NO2. The highest BCUT2D eigenvalue weighted by Crippen LogP contribution is 2.32. The van der Waals surface area contributed by atoms with E-state index in [1.807, 2.05) is 0 Å². The van der Waals surface area contributed by atoms with Gasteiger partial charge in [-0.05, 0) is 36.5 Å². The van der Waals surface area contributed by atoms with Gasteiger partial charge in [-0.3, -0.25) is 9.59 Å². The van der Waals surface area contributed by atoms with Gasteiger partial charge in [0, 0.05) is 20.0 Å². The normalized spacial score (nSPS) is 16.9. The number of alkyl halides is 3. The van der Waals surface area contributed by atoms with Gasteiger partial charge in [0.15, 0.2) is 0 Å². The number of rotatable bonds is 2. The Hall–Kier alpha value is -1.85. The quantitative estimate of drug-likeness (QED) is 0.787. The highest BCUT2D eigenvalue weighted by molar-refractivity contribution is 6.35. The minimum atomic E-state index is -4.32. The minimum absolute atomic E-state index is 0.128. The van der Waals surface area contributed by atoms with Crippen LogP contribution in [-0.2, 0) is 15.8 Å². The van der Waals surface area contributed by atoms with E-state index in [-0.39, 0.29) is 5.92 Å². The zero-order valence-electron chi connectivity index (χ0n) is 11.6. The molecule has 2 rings (SSSR count). The van der Waals surface area contributed by atoms with E-state index >= 15 is 0 Å². The van der Waals surface area contributed by atoms with E-state index < -0.39 is 23.4 Å². The van der Waals surface area contributed by atoms with E-state index in [2.05, 4.69) is 0 Å². The Kier molecular flexibility index (Phi) is 4.34. The molecule has 0 saturated carbocycles. The van der Waals surface area contributed by atoms with Crippen molar-refractivity contribution in [2.24, 2.45) is 0 Å². The van der Waals surface area contributed by atoms with Gasteiger partial charge >= 0.3 is 6.18 Å². The van der Waals surface area contributed by atoms with Crippen LogP contribution in [0, 0.1) is 0 Å². The molecule has 21 heavy (non-hydrogen) atoms. The summed E-state index contributed by atoms with van der Waals surface area (Å²) in [5.41, 5.74) is 0.188. The summed E-state index contributed by atoms with van der Waals surface area (Å²) >= 11 is 0. The van der Waals surface area contributed by atoms with E-state index in [9.17, 15) is 22.8 Å². The molecule has 1 amide bonds. The van der Waals surface area contributed by atoms with Gasteiger partial charge in [-0.2, -0.15) is 13.2 Å². The molecule has 1 aromatic rings. The van der Waals surface area contributed by atoms with Gasteiger partial charge in [0.2, 0.25) is 5.78 Å². The second-order valence-electron chi connectivity index (χ2n) is 5.24. The molecule has 3 nitrogen and oxygen atoms in total. The van der Waals surface area contributed by atoms with E-state index in [0.717, 1.165) is 17.7 Å². The van der Waals surface area contributed by atoms with Crippen LogP contribution in [0.2, 0.25) is 0 Å². The lowest BCUT2D eigenvalue weighted by atomic mass is 9.89. The van der Waals surface area contributed by atoms with Gasteiger partial charge in [0.25, 0.3) is 5.91 Å². The van der Waals surface area contributed by atoms with Crippen molar-refractivity contribution in [3.05, 3.63) is 35.4 Å². The number of Topliss-reactive ketones (excluding diaryl/α,β-unsaturated/α-hetero) is 1. The van der Waals surface area contributed by atoms with Crippen molar-refractivity contribution in [1.82, 2.24) is 4.90 Å². The van der Waals surface area contributed by atoms with Crippen molar-refractivity contribution in [2.45, 2.75) is 31.9 Å². The number of likely N-dealkylation sites (tertiary alicyclic amines) is 1. The third-order valence-electron chi connectivity index (χ3n) is 3.79. The Morgan fingerprint density at radius 1 is 1.10 bits per heavy atom. The highest BCUT2D eigenvalue weighted by atomic mass is 19.4. The average molecular weight is 299 g/mol. The maximum Gasteiger partial charge on any atom is 0.416 e. The molecule has 1 aromatic carbocycles. The van der Waals surface area contributed by atoms with Gasteiger partial charge in [-0.1, -0.05) is 12.1 Å². The molecule has 0 spiro atoms. The number of benzene rings is 1. The molecule has 0 unspecified atom stereocenters. The Bertz CT molecular complexity index is 529. The summed E-state index contributed by atoms with van der Waals surface area (Å²) in [6, 6.07) is 5.16. The summed E-state index contributed by atoms with van der Waals surface area (Å²) in [6.07, 6.45) is -3.01. The van der Waals surface area contributed by atoms with Crippen molar-refractivity contribution in [3.63, 3.8) is 0 Å². The Labute approximate surface area is 120 Å². The van der Waals surface area contributed by atoms with E-state index in [1.165, 1.54) is 24.0 Å². The van der Waals surface area contributed by atoms with E-state index in [0.29, 0.717) is 25.9 Å². The SMILES string of the molecule is CC(=O)C(=O)N1CCC(c2ccc(C(F)(F)F)cc2)CC1. The average Bonchev–Trinajstić information content (AvgIpc) is 2.46. The summed E-state index contributed by atoms with van der Waals surface area (Å²) in [5.74, 6) is -0.841. The number of ketones is 1. The summed E-state index contributed by atoms with van der Waals surface area (Å²) in [6.45, 7) is 2.17. The van der Waals surface area contributed by atoms with Crippen LogP contribution in [0.25, 0.3) is 0 Å². The summed E-state index contributed by atoms with van der Waals surface area (Å²) in [7, 11) is 0. The first-order valence-electron chi connectivity index (χ1n) is 6.76. The number of halogens is 3. The van der Waals surface area contributed by atoms with Crippen LogP contribution in [0.15, 0.2) is 24.3 Å². The molecule has 1 saturated heterocycles. The second kappa shape index (κ2) is 5.87. The highest BCUT2D eigenvalue weighted by Gasteiger charge is 2.31. The van der Waals surface area contributed by atoms with E-state index in [1.54, 1.807) is 0 Å². The number of hydrogen-bond donors (Lipinski definition) is 0. The molecule has 1 heterocycles. The lowest BCUT2D eigenvalue weighted by Crippen LogP contribution is -2.40. The number of piperidine rings is 1. The summed E-state index contributed by atoms with van der Waals surface area (Å²) in [4.78, 5) is 24.1. The number of amides is 1. The third-order valence-corrected chi connectivity index (χ3v) is 3.79. The fourth-order valence-electron chi connectivity index (χ4n) is 2.58. The Morgan fingerprint density at radius 2 is 1.62 bits per heavy atom. The molecule has 0 aliphatic carbocycles. The molecule has 0 radical (unpaired) electrons. The van der Waals surface area contributed by atoms with Gasteiger partial charge in [-0.15, -0.1) is 0 Å². The predicted octanol–water partition coefficient (Wildman–Crippen LogP) is 3.00. The van der Waals surface area contributed by atoms with Crippen molar-refractivity contribution < 1.29 is 22.8 Å². The van der Waals surface area contributed by atoms with Crippen LogP contribution in [-0.4, -0.2) is 29.7 Å². The molecule has 1 aliphatic heterocycles. The molecule has 0 bridgehead atoms. The maximum absolute atomic E-state index is 12.5. The Morgan fingerprint density at radius 3 is 2.05 bits per heavy atom. The van der Waals surface area contributed by atoms with Crippen molar-refractivity contribution >= 4 is 11.7 Å². The molecule has 0 atom stereocenters. The van der Waals surface area contributed by atoms with Crippen LogP contribution in [0.3, 0.4) is 0 Å². The summed E-state index contributed by atoms with van der Waals surface area (Å²) in [5, 5.41) is 0. The van der Waals surface area contributed by atoms with Gasteiger partial charge < -0.3 is 4.90 Å². The van der Waals surface area contributed by atoms with Crippen molar-refractivity contribution in [2.75, 3.05) is 13.1 Å². The molecule has 0 N–H and O–H groups in total. The third kappa shape index (κ3) is 3.62. The van der Waals surface area contributed by atoms with Crippen LogP contribution in [0.1, 0.15) is 36.8 Å². The number of nitrogens with zero attached hydrogens (tertiary/aromatic N) is 1. The standard InChI is InChI=1S/C15H16F3NO2/c1-10(20)14(21)19-8-6-12(7-9-19)11-2-4-13(5-3-11)15(16,17)18/h2-5,12H,6-9H2,1H3. The largest absolute Gasteiger partial charge is 0.416 e. The number of carbonyl (C=O) groups is 2. The van der Waals surface area contributed by atoms with Gasteiger partial charge in [-0.25, -0.2) is 0 Å². The first-order valence-corrected chi connectivity index (χ1v) is 6.76. The first kappa shape index (κ1) is 15.5. The minimum Gasteiger partial charge on any atom is -0.336 e. The molecule has 6 heteroatoms. The number of carbonyl (C=O) groups excluding carboxylic acids is 2. The fraction of sp³-hybridized carbons (Fsp3) is 0.467. The molecule has 1 fully saturated rings. The lowest BCUT2D eigenvalue weighted by molar-refractivity contribution is -0.144. The van der Waals surface area contributed by atoms with Crippen molar-refractivity contribution in [1.29, 1.82) is 0 Å². The second-order valence-corrected chi connectivity index (χ2v) is 5.24. The topological polar surface area (TPSA) is 37.4 Å². The zero-order valence-corrected chi connectivity index (χ0v) is 11.6. The summed E-state index contributed by atoms with van der Waals surface area (Å²) < 4.78 is 37.5. The van der Waals surface area contributed by atoms with Crippen molar-refractivity contribution in [3.8, 4) is 0 Å². The Balaban J connectivity index is 1.99. The molecule has 114 valence electrons. The fourth-order valence-corrected chi connectivity index (χ4v) is 2.58.